The van der Waals surface area contributed by atoms with Crippen LogP contribution in [0.15, 0.2) is 35.1 Å². The Labute approximate surface area is 170 Å². The van der Waals surface area contributed by atoms with Crippen LogP contribution in [0.25, 0.3) is 5.69 Å². The van der Waals surface area contributed by atoms with Crippen LogP contribution in [0, 0.1) is 0 Å². The van der Waals surface area contributed by atoms with Crippen molar-refractivity contribution in [2.45, 2.75) is 44.9 Å². The van der Waals surface area contributed by atoms with Gasteiger partial charge in [0.15, 0.2) is 5.78 Å². The lowest BCUT2D eigenvalue weighted by Gasteiger charge is -2.24. The molecule has 1 amide bonds. The number of carbonyl (C=O) groups is 2. The standard InChI is InChI=1S/C23H26N2O4/c1-29-17-11-9-16(10-12-17)25-20-7-6-8-21(26)18(20)15-19(23(25)28)22(27)24-13-4-2-3-5-14-24/h9-12,15H,2-8,13-14H2,1H3. The maximum Gasteiger partial charge on any atom is 0.268 e. The lowest BCUT2D eigenvalue weighted by Crippen LogP contribution is -2.39. The molecule has 0 atom stereocenters. The van der Waals surface area contributed by atoms with Crippen LogP contribution in [0.5, 0.6) is 5.75 Å². The van der Waals surface area contributed by atoms with E-state index in [1.54, 1.807) is 46.9 Å². The first-order valence-electron chi connectivity index (χ1n) is 10.4. The summed E-state index contributed by atoms with van der Waals surface area (Å²) >= 11 is 0. The molecule has 0 bridgehead atoms. The average Bonchev–Trinajstić information content (AvgIpc) is 3.03. The number of hydrogen-bond acceptors (Lipinski definition) is 4. The summed E-state index contributed by atoms with van der Waals surface area (Å²) in [6, 6.07) is 8.69. The maximum absolute atomic E-state index is 13.4. The molecule has 1 saturated heterocycles. The highest BCUT2D eigenvalue weighted by atomic mass is 16.5. The van der Waals surface area contributed by atoms with E-state index in [1.165, 1.54) is 0 Å². The molecule has 0 N–H and O–H groups in total. The fraction of sp³-hybridized carbons (Fsp3) is 0.435. The summed E-state index contributed by atoms with van der Waals surface area (Å²) in [6.45, 7) is 1.32. The van der Waals surface area contributed by atoms with Gasteiger partial charge < -0.3 is 9.64 Å². The number of ketones is 1. The summed E-state index contributed by atoms with van der Waals surface area (Å²) < 4.78 is 6.77. The zero-order chi connectivity index (χ0) is 20.4. The third kappa shape index (κ3) is 3.71. The SMILES string of the molecule is COc1ccc(-n2c3c(cc(C(=O)N4CCCCCC4)c2=O)C(=O)CCC3)cc1. The van der Waals surface area contributed by atoms with Crippen LogP contribution in [0.2, 0.25) is 0 Å². The second kappa shape index (κ2) is 8.23. The molecule has 2 heterocycles. The van der Waals surface area contributed by atoms with E-state index >= 15 is 0 Å². The monoisotopic (exact) mass is 394 g/mol. The summed E-state index contributed by atoms with van der Waals surface area (Å²) in [7, 11) is 1.59. The van der Waals surface area contributed by atoms with Crippen molar-refractivity contribution in [1.82, 2.24) is 9.47 Å². The number of fused-ring (bicyclic) bond motifs is 1. The number of nitrogens with zero attached hydrogens (tertiary/aromatic N) is 2. The lowest BCUT2D eigenvalue weighted by molar-refractivity contribution is 0.0759. The normalized spacial score (nSPS) is 16.9. The number of benzene rings is 1. The number of aromatic nitrogens is 1. The van der Waals surface area contributed by atoms with E-state index in [-0.39, 0.29) is 22.8 Å². The minimum Gasteiger partial charge on any atom is -0.497 e. The Bertz CT molecular complexity index is 983. The van der Waals surface area contributed by atoms with Crippen LogP contribution in [0.1, 0.15) is 64.9 Å². The highest BCUT2D eigenvalue weighted by molar-refractivity contribution is 6.02. The molecular weight excluding hydrogens is 368 g/mol. The zero-order valence-electron chi connectivity index (χ0n) is 16.8. The van der Waals surface area contributed by atoms with Gasteiger partial charge in [-0.15, -0.1) is 0 Å². The van der Waals surface area contributed by atoms with Crippen molar-refractivity contribution in [3.63, 3.8) is 0 Å². The van der Waals surface area contributed by atoms with Crippen LogP contribution in [-0.2, 0) is 6.42 Å². The molecule has 2 aromatic rings. The number of pyridine rings is 1. The van der Waals surface area contributed by atoms with Crippen LogP contribution >= 0.6 is 0 Å². The van der Waals surface area contributed by atoms with Gasteiger partial charge in [0, 0.05) is 36.5 Å². The van der Waals surface area contributed by atoms with Crippen molar-refractivity contribution in [3.05, 3.63) is 57.5 Å². The molecule has 1 aliphatic carbocycles. The van der Waals surface area contributed by atoms with E-state index in [0.29, 0.717) is 55.0 Å². The van der Waals surface area contributed by atoms with Crippen LogP contribution in [0.4, 0.5) is 0 Å². The summed E-state index contributed by atoms with van der Waals surface area (Å²) in [5.41, 5.74) is 1.59. The number of methoxy groups -OCH3 is 1. The van der Waals surface area contributed by atoms with Gasteiger partial charge >= 0.3 is 0 Å². The average molecular weight is 394 g/mol. The first-order valence-corrected chi connectivity index (χ1v) is 10.4. The Morgan fingerprint density at radius 3 is 2.28 bits per heavy atom. The van der Waals surface area contributed by atoms with Crippen molar-refractivity contribution in [2.24, 2.45) is 0 Å². The van der Waals surface area contributed by atoms with Gasteiger partial charge in [0.2, 0.25) is 0 Å². The molecule has 0 saturated carbocycles. The van der Waals surface area contributed by atoms with Crippen molar-refractivity contribution < 1.29 is 14.3 Å². The third-order valence-electron chi connectivity index (χ3n) is 5.88. The molecule has 0 spiro atoms. The van der Waals surface area contributed by atoms with Crippen molar-refractivity contribution in [1.29, 1.82) is 0 Å². The topological polar surface area (TPSA) is 68.6 Å². The van der Waals surface area contributed by atoms with E-state index in [0.717, 1.165) is 25.7 Å². The number of Topliss-reactive ketones (excluding diaryl/α,β-unsaturated/α-hetero) is 1. The van der Waals surface area contributed by atoms with Gasteiger partial charge in [-0.25, -0.2) is 0 Å². The van der Waals surface area contributed by atoms with Crippen LogP contribution in [-0.4, -0.2) is 41.4 Å². The number of hydrogen-bond donors (Lipinski definition) is 0. The summed E-state index contributed by atoms with van der Waals surface area (Å²) in [6.07, 6.45) is 5.89. The van der Waals surface area contributed by atoms with Crippen molar-refractivity contribution in [3.8, 4) is 11.4 Å². The highest BCUT2D eigenvalue weighted by Gasteiger charge is 2.28. The first-order chi connectivity index (χ1) is 14.1. The second-order valence-corrected chi connectivity index (χ2v) is 7.74. The van der Waals surface area contributed by atoms with Gasteiger partial charge in [0.05, 0.1) is 7.11 Å². The highest BCUT2D eigenvalue weighted by Crippen LogP contribution is 2.25. The largest absolute Gasteiger partial charge is 0.497 e. The summed E-state index contributed by atoms with van der Waals surface area (Å²) in [5, 5.41) is 0. The molecule has 4 rings (SSSR count). The fourth-order valence-electron chi connectivity index (χ4n) is 4.29. The quantitative estimate of drug-likeness (QED) is 0.800. The Balaban J connectivity index is 1.86. The molecule has 1 fully saturated rings. The van der Waals surface area contributed by atoms with E-state index in [4.69, 9.17) is 4.74 Å². The van der Waals surface area contributed by atoms with Gasteiger partial charge in [-0.3, -0.25) is 19.0 Å². The Morgan fingerprint density at radius 1 is 0.931 bits per heavy atom. The van der Waals surface area contributed by atoms with Gasteiger partial charge in [-0.1, -0.05) is 12.8 Å². The van der Waals surface area contributed by atoms with Crippen molar-refractivity contribution in [2.75, 3.05) is 20.2 Å². The molecule has 2 aliphatic rings. The molecule has 1 aromatic carbocycles. The van der Waals surface area contributed by atoms with E-state index in [2.05, 4.69) is 0 Å². The van der Waals surface area contributed by atoms with Crippen LogP contribution in [0.3, 0.4) is 0 Å². The Morgan fingerprint density at radius 2 is 1.62 bits per heavy atom. The number of ether oxygens (including phenoxy) is 1. The van der Waals surface area contributed by atoms with Gasteiger partial charge in [-0.05, 0) is 56.0 Å². The predicted molar refractivity (Wildman–Crippen MR) is 110 cm³/mol. The molecule has 6 heteroatoms. The molecule has 29 heavy (non-hydrogen) atoms. The second-order valence-electron chi connectivity index (χ2n) is 7.74. The number of rotatable bonds is 3. The van der Waals surface area contributed by atoms with E-state index in [9.17, 15) is 14.4 Å². The minimum absolute atomic E-state index is 0.00146. The smallest absolute Gasteiger partial charge is 0.268 e. The number of likely N-dealkylation sites (tertiary alicyclic amines) is 1. The molecule has 152 valence electrons. The Hall–Kier alpha value is -2.89. The van der Waals surface area contributed by atoms with Gasteiger partial charge in [0.1, 0.15) is 11.3 Å². The minimum atomic E-state index is -0.349. The fourth-order valence-corrected chi connectivity index (χ4v) is 4.29. The van der Waals surface area contributed by atoms with Crippen LogP contribution < -0.4 is 10.3 Å². The molecule has 0 unspecified atom stereocenters. The molecule has 0 radical (unpaired) electrons. The number of carbonyl (C=O) groups excluding carboxylic acids is 2. The van der Waals surface area contributed by atoms with Crippen molar-refractivity contribution >= 4 is 11.7 Å². The zero-order valence-corrected chi connectivity index (χ0v) is 16.8. The summed E-state index contributed by atoms with van der Waals surface area (Å²) in [4.78, 5) is 41.1. The third-order valence-corrected chi connectivity index (χ3v) is 5.88. The number of amides is 1. The molecular formula is C23H26N2O4. The maximum atomic E-state index is 13.4. The van der Waals surface area contributed by atoms with E-state index in [1.807, 2.05) is 0 Å². The first kappa shape index (κ1) is 19.4. The van der Waals surface area contributed by atoms with Gasteiger partial charge in [-0.2, -0.15) is 0 Å². The summed E-state index contributed by atoms with van der Waals surface area (Å²) in [5.74, 6) is 0.419. The Kier molecular flexibility index (Phi) is 5.51. The molecule has 1 aliphatic heterocycles. The lowest BCUT2D eigenvalue weighted by atomic mass is 9.92. The predicted octanol–water partition coefficient (Wildman–Crippen LogP) is 3.38. The van der Waals surface area contributed by atoms with Gasteiger partial charge in [0.25, 0.3) is 11.5 Å². The molecule has 6 nitrogen and oxygen atoms in total. The van der Waals surface area contributed by atoms with E-state index < -0.39 is 0 Å². The molecule has 1 aromatic heterocycles.